The summed E-state index contributed by atoms with van der Waals surface area (Å²) < 4.78 is 1.24. The highest BCUT2D eigenvalue weighted by Crippen LogP contribution is 2.24. The van der Waals surface area contributed by atoms with Crippen LogP contribution in [-0.4, -0.2) is 29.9 Å². The average molecular weight is 231 g/mol. The van der Waals surface area contributed by atoms with Crippen LogP contribution in [0, 0.1) is 0 Å². The van der Waals surface area contributed by atoms with E-state index in [1.54, 1.807) is 30.1 Å². The first-order valence-electron chi connectivity index (χ1n) is 4.30. The van der Waals surface area contributed by atoms with Crippen LogP contribution in [0.4, 0.5) is 0 Å². The SMILES string of the molecule is CNC(CCSc1cccs1)C(=O)O. The molecular formula is C9H13NO2S2. The first-order valence-corrected chi connectivity index (χ1v) is 6.17. The van der Waals surface area contributed by atoms with Crippen molar-refractivity contribution in [2.45, 2.75) is 16.7 Å². The smallest absolute Gasteiger partial charge is 0.320 e. The summed E-state index contributed by atoms with van der Waals surface area (Å²) in [4.78, 5) is 10.7. The first kappa shape index (κ1) is 11.6. The van der Waals surface area contributed by atoms with Gasteiger partial charge in [-0.1, -0.05) is 6.07 Å². The fourth-order valence-electron chi connectivity index (χ4n) is 1.01. The quantitative estimate of drug-likeness (QED) is 0.734. The highest BCUT2D eigenvalue weighted by molar-refractivity contribution is 8.01. The molecule has 0 bridgehead atoms. The minimum atomic E-state index is -0.778. The summed E-state index contributed by atoms with van der Waals surface area (Å²) in [5.41, 5.74) is 0. The van der Waals surface area contributed by atoms with Crippen molar-refractivity contribution in [1.82, 2.24) is 5.32 Å². The molecule has 1 rings (SSSR count). The molecule has 0 fully saturated rings. The standard InChI is InChI=1S/C9H13NO2S2/c1-10-7(9(11)12)4-6-14-8-3-2-5-13-8/h2-3,5,7,10H,4,6H2,1H3,(H,11,12). The van der Waals surface area contributed by atoms with Gasteiger partial charge in [0.15, 0.2) is 0 Å². The predicted octanol–water partition coefficient (Wildman–Crippen LogP) is 1.90. The number of thioether (sulfide) groups is 1. The number of carbonyl (C=O) groups is 1. The van der Waals surface area contributed by atoms with Crippen LogP contribution in [0.2, 0.25) is 0 Å². The molecule has 1 aromatic heterocycles. The third-order valence-corrected chi connectivity index (χ3v) is 3.96. The molecule has 78 valence electrons. The van der Waals surface area contributed by atoms with Gasteiger partial charge < -0.3 is 10.4 Å². The monoisotopic (exact) mass is 231 g/mol. The molecule has 0 spiro atoms. The van der Waals surface area contributed by atoms with E-state index in [9.17, 15) is 4.79 Å². The van der Waals surface area contributed by atoms with Gasteiger partial charge >= 0.3 is 5.97 Å². The highest BCUT2D eigenvalue weighted by atomic mass is 32.2. The molecular weight excluding hydrogens is 218 g/mol. The number of aliphatic carboxylic acids is 1. The Morgan fingerprint density at radius 1 is 1.79 bits per heavy atom. The van der Waals surface area contributed by atoms with E-state index >= 15 is 0 Å². The van der Waals surface area contributed by atoms with Gasteiger partial charge in [-0.05, 0) is 24.9 Å². The van der Waals surface area contributed by atoms with Crippen molar-refractivity contribution < 1.29 is 9.90 Å². The lowest BCUT2D eigenvalue weighted by Crippen LogP contribution is -2.34. The summed E-state index contributed by atoms with van der Waals surface area (Å²) in [6.07, 6.45) is 0.647. The number of carboxylic acid groups (broad SMARTS) is 1. The molecule has 5 heteroatoms. The molecule has 1 aromatic rings. The van der Waals surface area contributed by atoms with Gasteiger partial charge in [-0.2, -0.15) is 0 Å². The molecule has 2 N–H and O–H groups in total. The minimum absolute atomic E-state index is 0.428. The predicted molar refractivity (Wildman–Crippen MR) is 60.1 cm³/mol. The molecule has 1 atom stereocenters. The van der Waals surface area contributed by atoms with Crippen LogP contribution < -0.4 is 5.32 Å². The second-order valence-corrected chi connectivity index (χ2v) is 5.09. The van der Waals surface area contributed by atoms with Gasteiger partial charge in [0.05, 0.1) is 4.21 Å². The molecule has 0 saturated carbocycles. The van der Waals surface area contributed by atoms with Gasteiger partial charge in [-0.15, -0.1) is 23.1 Å². The molecule has 3 nitrogen and oxygen atoms in total. The minimum Gasteiger partial charge on any atom is -0.480 e. The van der Waals surface area contributed by atoms with Gasteiger partial charge in [0.2, 0.25) is 0 Å². The summed E-state index contributed by atoms with van der Waals surface area (Å²) >= 11 is 3.39. The summed E-state index contributed by atoms with van der Waals surface area (Å²) in [5.74, 6) is 0.0532. The van der Waals surface area contributed by atoms with E-state index in [1.165, 1.54) is 4.21 Å². The molecule has 1 unspecified atom stereocenters. The third-order valence-electron chi connectivity index (χ3n) is 1.79. The Balaban J connectivity index is 2.23. The number of hydrogen-bond donors (Lipinski definition) is 2. The molecule has 0 aliphatic carbocycles. The van der Waals surface area contributed by atoms with Crippen LogP contribution in [0.15, 0.2) is 21.7 Å². The Hall–Kier alpha value is -0.520. The fraction of sp³-hybridized carbons (Fsp3) is 0.444. The van der Waals surface area contributed by atoms with Crippen molar-refractivity contribution in [1.29, 1.82) is 0 Å². The number of hydrogen-bond acceptors (Lipinski definition) is 4. The molecule has 1 heterocycles. The van der Waals surface area contributed by atoms with Gasteiger partial charge in [-0.3, -0.25) is 4.79 Å². The Bertz CT molecular complexity index is 274. The zero-order valence-electron chi connectivity index (χ0n) is 7.90. The lowest BCUT2D eigenvalue weighted by Gasteiger charge is -2.09. The Morgan fingerprint density at radius 2 is 2.57 bits per heavy atom. The highest BCUT2D eigenvalue weighted by Gasteiger charge is 2.13. The molecule has 0 aliphatic heterocycles. The van der Waals surface area contributed by atoms with Gasteiger partial charge in [0.25, 0.3) is 0 Å². The van der Waals surface area contributed by atoms with E-state index in [2.05, 4.69) is 5.32 Å². The van der Waals surface area contributed by atoms with E-state index in [1.807, 2.05) is 17.5 Å². The first-order chi connectivity index (χ1) is 6.74. The van der Waals surface area contributed by atoms with Gasteiger partial charge in [0, 0.05) is 5.75 Å². The Morgan fingerprint density at radius 3 is 3.07 bits per heavy atom. The molecule has 0 amide bonds. The molecule has 0 saturated heterocycles. The van der Waals surface area contributed by atoms with E-state index < -0.39 is 12.0 Å². The Kier molecular flexibility index (Phi) is 5.00. The number of nitrogens with one attached hydrogen (secondary N) is 1. The van der Waals surface area contributed by atoms with Crippen LogP contribution in [0.25, 0.3) is 0 Å². The number of likely N-dealkylation sites (N-methyl/N-ethyl adjacent to an activating group) is 1. The van der Waals surface area contributed by atoms with Crippen LogP contribution in [0.1, 0.15) is 6.42 Å². The second-order valence-electron chi connectivity index (χ2n) is 2.75. The summed E-state index contributed by atoms with van der Waals surface area (Å²) in [5, 5.41) is 13.6. The molecule has 14 heavy (non-hydrogen) atoms. The zero-order chi connectivity index (χ0) is 10.4. The average Bonchev–Trinajstić information content (AvgIpc) is 2.64. The summed E-state index contributed by atoms with van der Waals surface area (Å²) in [7, 11) is 1.68. The van der Waals surface area contributed by atoms with Crippen LogP contribution in [-0.2, 0) is 4.79 Å². The maximum atomic E-state index is 10.7. The third kappa shape index (κ3) is 3.69. The van der Waals surface area contributed by atoms with Crippen molar-refractivity contribution in [2.24, 2.45) is 0 Å². The molecule has 0 aromatic carbocycles. The van der Waals surface area contributed by atoms with E-state index in [0.717, 1.165) is 5.75 Å². The summed E-state index contributed by atoms with van der Waals surface area (Å²) in [6.45, 7) is 0. The lowest BCUT2D eigenvalue weighted by molar-refractivity contribution is -0.139. The van der Waals surface area contributed by atoms with E-state index in [-0.39, 0.29) is 0 Å². The van der Waals surface area contributed by atoms with Crippen molar-refractivity contribution in [3.05, 3.63) is 17.5 Å². The number of carboxylic acids is 1. The second kappa shape index (κ2) is 6.06. The van der Waals surface area contributed by atoms with Crippen LogP contribution >= 0.6 is 23.1 Å². The van der Waals surface area contributed by atoms with Gasteiger partial charge in [0.1, 0.15) is 6.04 Å². The van der Waals surface area contributed by atoms with Gasteiger partial charge in [-0.25, -0.2) is 0 Å². The topological polar surface area (TPSA) is 49.3 Å². The molecule has 0 aliphatic rings. The van der Waals surface area contributed by atoms with Crippen molar-refractivity contribution in [3.8, 4) is 0 Å². The maximum absolute atomic E-state index is 10.7. The van der Waals surface area contributed by atoms with Crippen LogP contribution in [0.5, 0.6) is 0 Å². The number of thiophene rings is 1. The zero-order valence-corrected chi connectivity index (χ0v) is 9.53. The van der Waals surface area contributed by atoms with E-state index in [4.69, 9.17) is 5.11 Å². The summed E-state index contributed by atoms with van der Waals surface area (Å²) in [6, 6.07) is 3.62. The molecule has 0 radical (unpaired) electrons. The van der Waals surface area contributed by atoms with E-state index in [0.29, 0.717) is 6.42 Å². The van der Waals surface area contributed by atoms with Crippen molar-refractivity contribution >= 4 is 29.1 Å². The number of rotatable bonds is 6. The normalized spacial score (nSPS) is 12.6. The lowest BCUT2D eigenvalue weighted by atomic mass is 10.2. The van der Waals surface area contributed by atoms with Crippen molar-refractivity contribution in [3.63, 3.8) is 0 Å². The maximum Gasteiger partial charge on any atom is 0.320 e. The Labute approximate surface area is 91.5 Å². The van der Waals surface area contributed by atoms with Crippen molar-refractivity contribution in [2.75, 3.05) is 12.8 Å². The van der Waals surface area contributed by atoms with Crippen LogP contribution in [0.3, 0.4) is 0 Å². The largest absolute Gasteiger partial charge is 0.480 e. The fourth-order valence-corrected chi connectivity index (χ4v) is 2.88.